The van der Waals surface area contributed by atoms with Crippen LogP contribution in [0.5, 0.6) is 0 Å². The fraction of sp³-hybridized carbons (Fsp3) is 0. The van der Waals surface area contributed by atoms with Gasteiger partial charge < -0.3 is 24.6 Å². The summed E-state index contributed by atoms with van der Waals surface area (Å²) in [6, 6.07) is 0. The SMILES string of the molecule is C=C.C=C.N.N.N.N. The minimum absolute atomic E-state index is 0. The van der Waals surface area contributed by atoms with E-state index < -0.39 is 0 Å². The Bertz CT molecular complexity index is 10.0. The minimum Gasteiger partial charge on any atom is -0.344 e. The van der Waals surface area contributed by atoms with E-state index in [4.69, 9.17) is 0 Å². The van der Waals surface area contributed by atoms with Gasteiger partial charge in [-0.25, -0.2) is 0 Å². The molecule has 0 heterocycles. The van der Waals surface area contributed by atoms with Crippen molar-refractivity contribution in [3.8, 4) is 0 Å². The molecule has 0 aromatic heterocycles. The van der Waals surface area contributed by atoms with Crippen molar-refractivity contribution in [3.05, 3.63) is 26.3 Å². The van der Waals surface area contributed by atoms with Gasteiger partial charge in [0, 0.05) is 0 Å². The van der Waals surface area contributed by atoms with Gasteiger partial charge in [0.15, 0.2) is 0 Å². The summed E-state index contributed by atoms with van der Waals surface area (Å²) in [6.07, 6.45) is 0. The van der Waals surface area contributed by atoms with E-state index in [-0.39, 0.29) is 24.6 Å². The standard InChI is InChI=1S/2C2H4.4H3N/c2*1-2;;;;/h2*1-2H2;4*1H3. The van der Waals surface area contributed by atoms with Crippen LogP contribution in [0.2, 0.25) is 0 Å². The average Bonchev–Trinajstić information content (AvgIpc) is 1.50. The van der Waals surface area contributed by atoms with Crippen molar-refractivity contribution < 1.29 is 0 Å². The molecule has 0 rings (SSSR count). The summed E-state index contributed by atoms with van der Waals surface area (Å²) >= 11 is 0. The Morgan fingerprint density at radius 2 is 0.375 bits per heavy atom. The minimum atomic E-state index is 0. The molecule has 0 radical (unpaired) electrons. The summed E-state index contributed by atoms with van der Waals surface area (Å²) < 4.78 is 0. The first-order valence-corrected chi connectivity index (χ1v) is 1.000. The lowest BCUT2D eigenvalue weighted by atomic mass is 11.3. The second-order valence-corrected chi connectivity index (χ2v) is 0. The molecule has 0 aromatic carbocycles. The highest BCUT2D eigenvalue weighted by Gasteiger charge is 0.603. The van der Waals surface area contributed by atoms with Gasteiger partial charge in [-0.05, 0) is 0 Å². The normalized spacial score (nSPS) is 1.00. The van der Waals surface area contributed by atoms with E-state index in [9.17, 15) is 0 Å². The number of hydrogen-bond donors (Lipinski definition) is 4. The quantitative estimate of drug-likeness (QED) is 0.367. The maximum atomic E-state index is 3.00. The number of rotatable bonds is 0. The Labute approximate surface area is 52.0 Å². The first-order chi connectivity index (χ1) is 2.00. The van der Waals surface area contributed by atoms with Gasteiger partial charge in [-0.15, -0.1) is 26.3 Å². The molecule has 0 aliphatic heterocycles. The van der Waals surface area contributed by atoms with E-state index >= 15 is 0 Å². The van der Waals surface area contributed by atoms with Gasteiger partial charge >= 0.3 is 0 Å². The van der Waals surface area contributed by atoms with Crippen molar-refractivity contribution in [2.24, 2.45) is 0 Å². The van der Waals surface area contributed by atoms with Crippen LogP contribution in [0.15, 0.2) is 26.3 Å². The highest BCUT2D eigenvalue weighted by atomic mass is 14.0. The van der Waals surface area contributed by atoms with Crippen LogP contribution in [0.1, 0.15) is 0 Å². The Balaban J connectivity index is -0.00000000167. The molecule has 4 nitrogen and oxygen atoms in total. The zero-order valence-electron chi connectivity index (χ0n) is 5.66. The van der Waals surface area contributed by atoms with E-state index in [1.807, 2.05) is 0 Å². The first kappa shape index (κ1) is 168. The molecule has 8 heavy (non-hydrogen) atoms. The van der Waals surface area contributed by atoms with E-state index in [2.05, 4.69) is 26.3 Å². The smallest absolute Gasteiger partial charge is 0.106 e. The fourth-order valence-corrected chi connectivity index (χ4v) is 0. The van der Waals surface area contributed by atoms with Crippen molar-refractivity contribution >= 4 is 0 Å². The van der Waals surface area contributed by atoms with E-state index in [0.29, 0.717) is 0 Å². The van der Waals surface area contributed by atoms with Crippen LogP contribution in [0.4, 0.5) is 0 Å². The topological polar surface area (TPSA) is 140 Å². The number of hydrogen-bond acceptors (Lipinski definition) is 4. The summed E-state index contributed by atoms with van der Waals surface area (Å²) in [5.41, 5.74) is 0. The Morgan fingerprint density at radius 1 is 0.375 bits per heavy atom. The van der Waals surface area contributed by atoms with Gasteiger partial charge in [0.05, 0.1) is 0 Å². The van der Waals surface area contributed by atoms with Gasteiger partial charge in [-0.1, -0.05) is 0 Å². The molecule has 0 atom stereocenters. The first-order valence-electron chi connectivity index (χ1n) is 1.000. The van der Waals surface area contributed by atoms with Crippen LogP contribution in [0.3, 0.4) is 0 Å². The molecule has 0 unspecified atom stereocenters. The molecule has 0 saturated carbocycles. The maximum Gasteiger partial charge on any atom is -0.106 e. The van der Waals surface area contributed by atoms with Crippen LogP contribution in [-0.2, 0) is 0 Å². The van der Waals surface area contributed by atoms with Gasteiger partial charge in [-0.3, -0.25) is 0 Å². The molecule has 0 saturated heterocycles. The van der Waals surface area contributed by atoms with Crippen LogP contribution < -0.4 is 24.6 Å². The molecule has 0 bridgehead atoms. The predicted octanol–water partition coefficient (Wildman–Crippen LogP) is 2.25. The van der Waals surface area contributed by atoms with Crippen molar-refractivity contribution in [2.45, 2.75) is 0 Å². The predicted molar refractivity (Wildman–Crippen MR) is 42.6 cm³/mol. The molecule has 0 aliphatic carbocycles. The lowest BCUT2D eigenvalue weighted by Gasteiger charge is -0.813. The van der Waals surface area contributed by atoms with Crippen molar-refractivity contribution in [1.29, 1.82) is 0 Å². The largest absolute Gasteiger partial charge is 0.344 e. The molecule has 0 amide bonds. The molecule has 0 aliphatic rings. The van der Waals surface area contributed by atoms with E-state index in [1.165, 1.54) is 0 Å². The zero-order valence-corrected chi connectivity index (χ0v) is 5.66. The molecule has 56 valence electrons. The third-order valence-electron chi connectivity index (χ3n) is 0. The molecule has 0 spiro atoms. The van der Waals surface area contributed by atoms with Gasteiger partial charge in [0.2, 0.25) is 0 Å². The Hall–Kier alpha value is -0.680. The lowest BCUT2D eigenvalue weighted by molar-refractivity contribution is 2.13. The second kappa shape index (κ2) is 387. The Kier molecular flexibility index (Phi) is 8110. The van der Waals surface area contributed by atoms with Crippen molar-refractivity contribution in [1.82, 2.24) is 24.6 Å². The third kappa shape index (κ3) is 215. The molecule has 0 aromatic rings. The van der Waals surface area contributed by atoms with Gasteiger partial charge in [-0.2, -0.15) is 0 Å². The summed E-state index contributed by atoms with van der Waals surface area (Å²) in [6.45, 7) is 12.0. The Morgan fingerprint density at radius 3 is 0.375 bits per heavy atom. The van der Waals surface area contributed by atoms with E-state index in [1.54, 1.807) is 0 Å². The maximum absolute atomic E-state index is 3.00. The second-order valence-electron chi connectivity index (χ2n) is 0. The molecule has 12 N–H and O–H groups in total. The van der Waals surface area contributed by atoms with Crippen LogP contribution in [0.25, 0.3) is 0 Å². The van der Waals surface area contributed by atoms with E-state index in [0.717, 1.165) is 0 Å². The highest BCUT2D eigenvalue weighted by Crippen LogP contribution is 0.864. The fourth-order valence-electron chi connectivity index (χ4n) is 0. The summed E-state index contributed by atoms with van der Waals surface area (Å²) in [5, 5.41) is 0. The van der Waals surface area contributed by atoms with Crippen molar-refractivity contribution in [3.63, 3.8) is 0 Å². The third-order valence-corrected chi connectivity index (χ3v) is 0. The molecular formula is C4H20N4. The summed E-state index contributed by atoms with van der Waals surface area (Å²) in [7, 11) is 0. The molecule has 4 heteroatoms. The van der Waals surface area contributed by atoms with Crippen molar-refractivity contribution in [2.75, 3.05) is 0 Å². The van der Waals surface area contributed by atoms with Crippen LogP contribution in [0, 0.1) is 0 Å². The molecule has 0 fully saturated rings. The van der Waals surface area contributed by atoms with Gasteiger partial charge in [0.1, 0.15) is 0 Å². The van der Waals surface area contributed by atoms with Gasteiger partial charge in [0.25, 0.3) is 0 Å². The summed E-state index contributed by atoms with van der Waals surface area (Å²) in [4.78, 5) is 0. The summed E-state index contributed by atoms with van der Waals surface area (Å²) in [5.74, 6) is 0. The highest BCUT2D eigenvalue weighted by molar-refractivity contribution is 4.22. The molecular weight excluding hydrogens is 104 g/mol. The monoisotopic (exact) mass is 124 g/mol. The lowest BCUT2D eigenvalue weighted by Crippen LogP contribution is -0.552. The van der Waals surface area contributed by atoms with Crippen LogP contribution >= 0.6 is 0 Å². The average molecular weight is 124 g/mol. The zero-order chi connectivity index (χ0) is 4.00. The van der Waals surface area contributed by atoms with Crippen LogP contribution in [-0.4, -0.2) is 0 Å².